The largest absolute Gasteiger partial charge is 0.300 e. The van der Waals surface area contributed by atoms with Crippen molar-refractivity contribution in [3.63, 3.8) is 0 Å². The Morgan fingerprint density at radius 1 is 1.00 bits per heavy atom. The fourth-order valence-corrected chi connectivity index (χ4v) is 4.56. The SMILES string of the molecule is CC(C)C(=O)C1CCC(N2CCC(n3cc(C(C)C)cn3)CC2)CC1. The number of carbonyl (C=O) groups excluding carboxylic acids is 1. The molecule has 25 heavy (non-hydrogen) atoms. The highest BCUT2D eigenvalue weighted by atomic mass is 16.1. The Morgan fingerprint density at radius 3 is 2.16 bits per heavy atom. The quantitative estimate of drug-likeness (QED) is 0.792. The second-order valence-corrected chi connectivity index (χ2v) is 8.74. The number of hydrogen-bond acceptors (Lipinski definition) is 3. The maximum atomic E-state index is 12.2. The number of ketones is 1. The fraction of sp³-hybridized carbons (Fsp3) is 0.810. The van der Waals surface area contributed by atoms with Gasteiger partial charge in [0.05, 0.1) is 12.2 Å². The second kappa shape index (κ2) is 8.03. The van der Waals surface area contributed by atoms with E-state index in [9.17, 15) is 4.79 Å². The van der Waals surface area contributed by atoms with E-state index >= 15 is 0 Å². The summed E-state index contributed by atoms with van der Waals surface area (Å²) in [5.41, 5.74) is 1.34. The minimum Gasteiger partial charge on any atom is -0.300 e. The Bertz CT molecular complexity index is 561. The number of piperidine rings is 1. The number of Topliss-reactive ketones (excluding diaryl/α,β-unsaturated/α-hetero) is 1. The van der Waals surface area contributed by atoms with E-state index in [1.165, 1.54) is 44.3 Å². The molecule has 0 spiro atoms. The van der Waals surface area contributed by atoms with Gasteiger partial charge in [0.15, 0.2) is 0 Å². The minimum absolute atomic E-state index is 0.196. The Hall–Kier alpha value is -1.16. The third-order valence-corrected chi connectivity index (χ3v) is 6.35. The summed E-state index contributed by atoms with van der Waals surface area (Å²) < 4.78 is 2.20. The highest BCUT2D eigenvalue weighted by molar-refractivity contribution is 5.82. The molecular formula is C21H35N3O. The van der Waals surface area contributed by atoms with Crippen molar-refractivity contribution in [1.29, 1.82) is 0 Å². The van der Waals surface area contributed by atoms with E-state index in [1.54, 1.807) is 0 Å². The first-order valence-electron chi connectivity index (χ1n) is 10.3. The lowest BCUT2D eigenvalue weighted by atomic mass is 9.79. The lowest BCUT2D eigenvalue weighted by Gasteiger charge is -2.40. The Morgan fingerprint density at radius 2 is 1.64 bits per heavy atom. The molecule has 1 saturated heterocycles. The molecule has 0 amide bonds. The zero-order valence-electron chi connectivity index (χ0n) is 16.4. The molecule has 1 saturated carbocycles. The summed E-state index contributed by atoms with van der Waals surface area (Å²) >= 11 is 0. The van der Waals surface area contributed by atoms with Crippen LogP contribution in [0.15, 0.2) is 12.4 Å². The van der Waals surface area contributed by atoms with Gasteiger partial charge in [-0.3, -0.25) is 9.48 Å². The van der Waals surface area contributed by atoms with Crippen molar-refractivity contribution in [2.24, 2.45) is 11.8 Å². The number of hydrogen-bond donors (Lipinski definition) is 0. The van der Waals surface area contributed by atoms with Crippen LogP contribution in [0.3, 0.4) is 0 Å². The highest BCUT2D eigenvalue weighted by Crippen LogP contribution is 2.33. The topological polar surface area (TPSA) is 38.1 Å². The van der Waals surface area contributed by atoms with Crippen LogP contribution in [-0.2, 0) is 4.79 Å². The van der Waals surface area contributed by atoms with Crippen LogP contribution in [0.2, 0.25) is 0 Å². The molecule has 3 rings (SSSR count). The molecule has 0 N–H and O–H groups in total. The molecule has 1 aliphatic heterocycles. The first kappa shape index (κ1) is 18.6. The van der Waals surface area contributed by atoms with Gasteiger partial charge in [-0.15, -0.1) is 0 Å². The summed E-state index contributed by atoms with van der Waals surface area (Å²) in [6, 6.07) is 1.25. The summed E-state index contributed by atoms with van der Waals surface area (Å²) in [5.74, 6) is 1.56. The third kappa shape index (κ3) is 4.33. The summed E-state index contributed by atoms with van der Waals surface area (Å²) in [6.07, 6.45) is 11.3. The number of aromatic nitrogens is 2. The highest BCUT2D eigenvalue weighted by Gasteiger charge is 2.32. The number of nitrogens with zero attached hydrogens (tertiary/aromatic N) is 3. The standard InChI is InChI=1S/C21H35N3O/c1-15(2)18-13-22-24(14-18)20-9-11-23(12-10-20)19-7-5-17(6-8-19)21(25)16(3)4/h13-17,19-20H,5-12H2,1-4H3. The Labute approximate surface area is 153 Å². The van der Waals surface area contributed by atoms with Gasteiger partial charge >= 0.3 is 0 Å². The van der Waals surface area contributed by atoms with Crippen LogP contribution in [0.4, 0.5) is 0 Å². The van der Waals surface area contributed by atoms with Gasteiger partial charge in [0.1, 0.15) is 5.78 Å². The van der Waals surface area contributed by atoms with Gasteiger partial charge in [-0.2, -0.15) is 5.10 Å². The molecule has 0 aromatic carbocycles. The van der Waals surface area contributed by atoms with E-state index in [0.717, 1.165) is 12.8 Å². The van der Waals surface area contributed by atoms with Gasteiger partial charge in [0, 0.05) is 37.2 Å². The van der Waals surface area contributed by atoms with Crippen molar-refractivity contribution < 1.29 is 4.79 Å². The second-order valence-electron chi connectivity index (χ2n) is 8.74. The van der Waals surface area contributed by atoms with E-state index in [1.807, 2.05) is 20.0 Å². The zero-order chi connectivity index (χ0) is 18.0. The summed E-state index contributed by atoms with van der Waals surface area (Å²) in [6.45, 7) is 10.9. The van der Waals surface area contributed by atoms with Crippen molar-refractivity contribution >= 4 is 5.78 Å². The molecule has 2 aliphatic rings. The van der Waals surface area contributed by atoms with Gasteiger partial charge < -0.3 is 4.90 Å². The molecule has 1 aromatic heterocycles. The van der Waals surface area contributed by atoms with Crippen molar-refractivity contribution in [1.82, 2.24) is 14.7 Å². The molecule has 1 aromatic rings. The van der Waals surface area contributed by atoms with Crippen molar-refractivity contribution in [3.05, 3.63) is 18.0 Å². The number of rotatable bonds is 5. The number of likely N-dealkylation sites (tertiary alicyclic amines) is 1. The van der Waals surface area contributed by atoms with Crippen LogP contribution in [0, 0.1) is 11.8 Å². The van der Waals surface area contributed by atoms with Crippen LogP contribution < -0.4 is 0 Å². The molecule has 0 atom stereocenters. The van der Waals surface area contributed by atoms with Gasteiger partial charge in [0.2, 0.25) is 0 Å². The van der Waals surface area contributed by atoms with Gasteiger partial charge in [0.25, 0.3) is 0 Å². The normalized spacial score (nSPS) is 26.5. The molecule has 0 radical (unpaired) electrons. The fourth-order valence-electron chi connectivity index (χ4n) is 4.56. The van der Waals surface area contributed by atoms with Gasteiger partial charge in [-0.25, -0.2) is 0 Å². The lowest BCUT2D eigenvalue weighted by molar-refractivity contribution is -0.127. The first-order chi connectivity index (χ1) is 12.0. The zero-order valence-corrected chi connectivity index (χ0v) is 16.4. The van der Waals surface area contributed by atoms with E-state index in [4.69, 9.17) is 0 Å². The van der Waals surface area contributed by atoms with Crippen LogP contribution >= 0.6 is 0 Å². The van der Waals surface area contributed by atoms with Crippen molar-refractivity contribution in [2.75, 3.05) is 13.1 Å². The molecule has 140 valence electrons. The lowest BCUT2D eigenvalue weighted by Crippen LogP contribution is -2.44. The molecule has 2 heterocycles. The van der Waals surface area contributed by atoms with Crippen molar-refractivity contribution in [2.45, 2.75) is 84.2 Å². The van der Waals surface area contributed by atoms with Crippen molar-refractivity contribution in [3.8, 4) is 0 Å². The third-order valence-electron chi connectivity index (χ3n) is 6.35. The maximum Gasteiger partial charge on any atom is 0.138 e. The molecule has 2 fully saturated rings. The van der Waals surface area contributed by atoms with E-state index in [-0.39, 0.29) is 5.92 Å². The predicted octanol–water partition coefficient (Wildman–Crippen LogP) is 4.43. The average Bonchev–Trinajstić information content (AvgIpc) is 3.12. The monoisotopic (exact) mass is 345 g/mol. The smallest absolute Gasteiger partial charge is 0.138 e. The van der Waals surface area contributed by atoms with E-state index in [0.29, 0.717) is 29.7 Å². The molecule has 0 unspecified atom stereocenters. The minimum atomic E-state index is 0.196. The first-order valence-corrected chi connectivity index (χ1v) is 10.3. The van der Waals surface area contributed by atoms with Gasteiger partial charge in [-0.05, 0) is 50.0 Å². The van der Waals surface area contributed by atoms with Crippen LogP contribution in [-0.4, -0.2) is 39.6 Å². The molecule has 4 heteroatoms. The average molecular weight is 346 g/mol. The Balaban J connectivity index is 1.47. The summed E-state index contributed by atoms with van der Waals surface area (Å²) in [4.78, 5) is 14.9. The predicted molar refractivity (Wildman–Crippen MR) is 102 cm³/mol. The molecule has 4 nitrogen and oxygen atoms in total. The maximum absolute atomic E-state index is 12.2. The Kier molecular flexibility index (Phi) is 5.98. The van der Waals surface area contributed by atoms with E-state index < -0.39 is 0 Å². The molecule has 0 bridgehead atoms. The van der Waals surface area contributed by atoms with Crippen LogP contribution in [0.1, 0.15) is 83.7 Å². The van der Waals surface area contributed by atoms with Gasteiger partial charge in [-0.1, -0.05) is 27.7 Å². The summed E-state index contributed by atoms with van der Waals surface area (Å²) in [7, 11) is 0. The van der Waals surface area contributed by atoms with Crippen LogP contribution in [0.25, 0.3) is 0 Å². The van der Waals surface area contributed by atoms with E-state index in [2.05, 4.69) is 34.7 Å². The summed E-state index contributed by atoms with van der Waals surface area (Å²) in [5, 5.41) is 4.61. The number of carbonyl (C=O) groups is 1. The molecular weight excluding hydrogens is 310 g/mol. The van der Waals surface area contributed by atoms with Crippen LogP contribution in [0.5, 0.6) is 0 Å². The molecule has 1 aliphatic carbocycles.